The minimum Gasteiger partial charge on any atom is -0.455 e. The van der Waals surface area contributed by atoms with Crippen LogP contribution in [0.25, 0.3) is 99.9 Å². The highest BCUT2D eigenvalue weighted by Crippen LogP contribution is 2.43. The van der Waals surface area contributed by atoms with Crippen molar-refractivity contribution in [3.8, 4) is 56.3 Å². The van der Waals surface area contributed by atoms with Gasteiger partial charge in [0.1, 0.15) is 11.2 Å². The molecule has 0 fully saturated rings. The molecule has 0 aliphatic carbocycles. The molecule has 238 valence electrons. The minimum atomic E-state index is 0.685. The molecular weight excluding hydrogens is 623 g/mol. The van der Waals surface area contributed by atoms with E-state index in [4.69, 9.17) is 19.4 Å². The predicted molar refractivity (Wildman–Crippen MR) is 209 cm³/mol. The van der Waals surface area contributed by atoms with E-state index >= 15 is 0 Å². The lowest BCUT2D eigenvalue weighted by atomic mass is 9.91. The Kier molecular flexibility index (Phi) is 6.78. The van der Waals surface area contributed by atoms with Crippen LogP contribution in [0.2, 0.25) is 0 Å². The van der Waals surface area contributed by atoms with Crippen molar-refractivity contribution >= 4 is 43.6 Å². The van der Waals surface area contributed by atoms with E-state index in [1.807, 2.05) is 48.5 Å². The number of rotatable bonds is 5. The molecule has 51 heavy (non-hydrogen) atoms. The molecule has 10 rings (SSSR count). The lowest BCUT2D eigenvalue weighted by Crippen LogP contribution is -2.01. The number of benzene rings is 7. The lowest BCUT2D eigenvalue weighted by molar-refractivity contribution is 0.673. The van der Waals surface area contributed by atoms with Crippen LogP contribution in [0.3, 0.4) is 0 Å². The summed E-state index contributed by atoms with van der Waals surface area (Å²) in [4.78, 5) is 15.9. The van der Waals surface area contributed by atoms with Crippen molar-refractivity contribution in [1.82, 2.24) is 15.0 Å². The van der Waals surface area contributed by atoms with E-state index in [9.17, 15) is 0 Å². The first-order chi connectivity index (χ1) is 25.3. The van der Waals surface area contributed by atoms with Crippen LogP contribution in [0.5, 0.6) is 0 Å². The fourth-order valence-corrected chi connectivity index (χ4v) is 7.32. The molecule has 4 heteroatoms. The van der Waals surface area contributed by atoms with Gasteiger partial charge < -0.3 is 4.42 Å². The maximum Gasteiger partial charge on any atom is 0.160 e. The van der Waals surface area contributed by atoms with E-state index in [0.717, 1.165) is 94.1 Å². The fraction of sp³-hybridized carbons (Fsp3) is 0. The molecule has 0 radical (unpaired) electrons. The molecule has 3 aromatic heterocycles. The molecule has 0 unspecified atom stereocenters. The number of hydrogen-bond acceptors (Lipinski definition) is 4. The van der Waals surface area contributed by atoms with E-state index in [1.165, 1.54) is 0 Å². The number of para-hydroxylation sites is 2. The number of nitrogens with zero attached hydrogens (tertiary/aromatic N) is 3. The summed E-state index contributed by atoms with van der Waals surface area (Å²) in [5.41, 5.74) is 11.3. The maximum atomic E-state index is 6.59. The van der Waals surface area contributed by atoms with Gasteiger partial charge >= 0.3 is 0 Å². The van der Waals surface area contributed by atoms with Gasteiger partial charge in [0.15, 0.2) is 5.82 Å². The van der Waals surface area contributed by atoms with Crippen LogP contribution in [0, 0.1) is 0 Å². The zero-order valence-corrected chi connectivity index (χ0v) is 27.5. The van der Waals surface area contributed by atoms with Gasteiger partial charge in [-0.3, -0.25) is 0 Å². The summed E-state index contributed by atoms with van der Waals surface area (Å²) in [5, 5.41) is 5.39. The Morgan fingerprint density at radius 1 is 0.353 bits per heavy atom. The Hall–Kier alpha value is -6.91. The van der Waals surface area contributed by atoms with Crippen LogP contribution in [-0.4, -0.2) is 15.0 Å². The number of aromatic nitrogens is 3. The second-order valence-corrected chi connectivity index (χ2v) is 12.7. The molecule has 0 spiro atoms. The smallest absolute Gasteiger partial charge is 0.160 e. The average Bonchev–Trinajstić information content (AvgIpc) is 3.60. The maximum absolute atomic E-state index is 6.59. The highest BCUT2D eigenvalue weighted by atomic mass is 16.3. The van der Waals surface area contributed by atoms with Gasteiger partial charge in [0.05, 0.1) is 22.6 Å². The normalized spacial score (nSPS) is 11.5. The molecule has 10 aromatic rings. The zero-order chi connectivity index (χ0) is 33.7. The summed E-state index contributed by atoms with van der Waals surface area (Å²) in [5.74, 6) is 0.685. The molecule has 0 amide bonds. The predicted octanol–water partition coefficient (Wildman–Crippen LogP) is 12.4. The first-order valence-corrected chi connectivity index (χ1v) is 17.1. The van der Waals surface area contributed by atoms with E-state index in [2.05, 4.69) is 127 Å². The van der Waals surface area contributed by atoms with Crippen LogP contribution >= 0.6 is 0 Å². The van der Waals surface area contributed by atoms with Gasteiger partial charge in [-0.1, -0.05) is 152 Å². The van der Waals surface area contributed by atoms with Crippen LogP contribution < -0.4 is 0 Å². The van der Waals surface area contributed by atoms with Crippen LogP contribution in [0.15, 0.2) is 180 Å². The molecule has 3 heterocycles. The Balaban J connectivity index is 1.26. The molecule has 4 nitrogen and oxygen atoms in total. The molecule has 0 N–H and O–H groups in total. The standard InChI is InChI=1S/C47H29N3O/c1-4-15-30(16-5-1)44-41(45(31-17-6-2-7-18-31)50-47(49-44)32-19-8-3-9-20-32)33-21-14-22-34(29-33)43-38-28-27-36-35-23-11-13-26-40(35)51-46(36)42(38)37-24-10-12-25-39(37)48-43/h1-29H. The summed E-state index contributed by atoms with van der Waals surface area (Å²) in [6.45, 7) is 0. The van der Waals surface area contributed by atoms with Crippen molar-refractivity contribution in [2.24, 2.45) is 0 Å². The summed E-state index contributed by atoms with van der Waals surface area (Å²) in [7, 11) is 0. The molecule has 7 aromatic carbocycles. The van der Waals surface area contributed by atoms with Crippen LogP contribution in [0.1, 0.15) is 0 Å². The molecule has 0 aliphatic heterocycles. The topological polar surface area (TPSA) is 51.8 Å². The van der Waals surface area contributed by atoms with Gasteiger partial charge in [-0.05, 0) is 29.8 Å². The summed E-state index contributed by atoms with van der Waals surface area (Å²) >= 11 is 0. The molecule has 0 saturated heterocycles. The number of furan rings is 1. The Morgan fingerprint density at radius 3 is 1.61 bits per heavy atom. The van der Waals surface area contributed by atoms with Crippen molar-refractivity contribution in [1.29, 1.82) is 0 Å². The van der Waals surface area contributed by atoms with E-state index in [1.54, 1.807) is 0 Å². The largest absolute Gasteiger partial charge is 0.455 e. The second-order valence-electron chi connectivity index (χ2n) is 12.7. The second kappa shape index (κ2) is 11.9. The van der Waals surface area contributed by atoms with Gasteiger partial charge in [0.25, 0.3) is 0 Å². The molecule has 0 bridgehead atoms. The van der Waals surface area contributed by atoms with Crippen molar-refractivity contribution in [2.45, 2.75) is 0 Å². The fourth-order valence-electron chi connectivity index (χ4n) is 7.32. The molecule has 0 atom stereocenters. The number of fused-ring (bicyclic) bond motifs is 7. The van der Waals surface area contributed by atoms with Crippen molar-refractivity contribution in [3.63, 3.8) is 0 Å². The highest BCUT2D eigenvalue weighted by molar-refractivity contribution is 6.24. The summed E-state index contributed by atoms with van der Waals surface area (Å²) < 4.78 is 6.59. The molecule has 0 saturated carbocycles. The van der Waals surface area contributed by atoms with Crippen molar-refractivity contribution in [2.75, 3.05) is 0 Å². The van der Waals surface area contributed by atoms with E-state index in [0.29, 0.717) is 5.82 Å². The number of hydrogen-bond donors (Lipinski definition) is 0. The minimum absolute atomic E-state index is 0.685. The first-order valence-electron chi connectivity index (χ1n) is 17.1. The Bertz CT molecular complexity index is 2840. The lowest BCUT2D eigenvalue weighted by Gasteiger charge is -2.18. The third kappa shape index (κ3) is 4.88. The van der Waals surface area contributed by atoms with Crippen LogP contribution in [-0.2, 0) is 0 Å². The molecule has 0 aliphatic rings. The first kappa shape index (κ1) is 29.0. The van der Waals surface area contributed by atoms with Gasteiger partial charge in [-0.15, -0.1) is 0 Å². The molecular formula is C47H29N3O. The number of pyridine rings is 1. The quantitative estimate of drug-likeness (QED) is 0.174. The monoisotopic (exact) mass is 651 g/mol. The van der Waals surface area contributed by atoms with Crippen LogP contribution in [0.4, 0.5) is 0 Å². The van der Waals surface area contributed by atoms with Crippen molar-refractivity contribution < 1.29 is 4.42 Å². The van der Waals surface area contributed by atoms with E-state index < -0.39 is 0 Å². The third-order valence-corrected chi connectivity index (χ3v) is 9.67. The van der Waals surface area contributed by atoms with E-state index in [-0.39, 0.29) is 0 Å². The Morgan fingerprint density at radius 2 is 0.902 bits per heavy atom. The summed E-state index contributed by atoms with van der Waals surface area (Å²) in [6.07, 6.45) is 0. The van der Waals surface area contributed by atoms with Gasteiger partial charge in [0, 0.05) is 54.7 Å². The average molecular weight is 652 g/mol. The highest BCUT2D eigenvalue weighted by Gasteiger charge is 2.22. The SMILES string of the molecule is c1ccc(-c2nc(-c3ccccc3)c(-c3cccc(-c4nc5ccccc5c5c4ccc4c6ccccc6oc45)c3)c(-c3ccccc3)n2)cc1. The third-order valence-electron chi connectivity index (χ3n) is 9.67. The van der Waals surface area contributed by atoms with Gasteiger partial charge in [-0.25, -0.2) is 15.0 Å². The van der Waals surface area contributed by atoms with Gasteiger partial charge in [0.2, 0.25) is 0 Å². The summed E-state index contributed by atoms with van der Waals surface area (Å²) in [6, 6.07) is 60.6. The Labute approximate surface area is 294 Å². The zero-order valence-electron chi connectivity index (χ0n) is 27.5. The van der Waals surface area contributed by atoms with Crippen molar-refractivity contribution in [3.05, 3.63) is 176 Å². The van der Waals surface area contributed by atoms with Gasteiger partial charge in [-0.2, -0.15) is 0 Å².